The monoisotopic (exact) mass is 327 g/mol. The maximum Gasteiger partial charge on any atom is 0.252 e. The van der Waals surface area contributed by atoms with Gasteiger partial charge in [0.05, 0.1) is 24.4 Å². The third kappa shape index (κ3) is 4.83. The van der Waals surface area contributed by atoms with Crippen LogP contribution in [0.2, 0.25) is 5.02 Å². The minimum absolute atomic E-state index is 0.00896. The molecule has 2 rings (SSSR count). The van der Waals surface area contributed by atoms with E-state index in [-0.39, 0.29) is 18.1 Å². The number of nitrogens with one attached hydrogen (secondary N) is 1. The van der Waals surface area contributed by atoms with Crippen molar-refractivity contribution in [2.75, 3.05) is 33.3 Å². The molecule has 1 aromatic rings. The van der Waals surface area contributed by atoms with E-state index in [2.05, 4.69) is 15.2 Å². The fraction of sp³-hybridized carbons (Fsp3) is 0.600. The molecule has 0 aromatic carbocycles. The molecule has 22 heavy (non-hydrogen) atoms. The lowest BCUT2D eigenvalue weighted by Gasteiger charge is -2.30. The van der Waals surface area contributed by atoms with E-state index in [1.807, 2.05) is 20.9 Å². The third-order valence-electron chi connectivity index (χ3n) is 3.25. The molecule has 0 unspecified atom stereocenters. The zero-order valence-electron chi connectivity index (χ0n) is 13.1. The first-order valence-electron chi connectivity index (χ1n) is 7.36. The zero-order chi connectivity index (χ0) is 16.1. The summed E-state index contributed by atoms with van der Waals surface area (Å²) in [5.41, 5.74) is 0.408. The number of aromatic nitrogens is 1. The van der Waals surface area contributed by atoms with Crippen LogP contribution in [0.4, 0.5) is 0 Å². The van der Waals surface area contributed by atoms with Crippen molar-refractivity contribution in [3.05, 3.63) is 22.8 Å². The first-order valence-corrected chi connectivity index (χ1v) is 7.74. The van der Waals surface area contributed by atoms with Crippen molar-refractivity contribution in [1.82, 2.24) is 15.2 Å². The standard InChI is InChI=1S/C15H22ClN3O3/c1-10(2)22-15-13(16)6-11(7-18-15)14(20)17-8-12-9-19(3)4-5-21-12/h6-7,10,12H,4-5,8-9H2,1-3H3,(H,17,20)/t12-/m0/s1. The van der Waals surface area contributed by atoms with Crippen LogP contribution < -0.4 is 10.1 Å². The van der Waals surface area contributed by atoms with Crippen LogP contribution in [-0.4, -0.2) is 61.3 Å². The quantitative estimate of drug-likeness (QED) is 0.889. The highest BCUT2D eigenvalue weighted by Gasteiger charge is 2.19. The molecule has 0 saturated carbocycles. The number of likely N-dealkylation sites (N-methyl/N-ethyl adjacent to an activating group) is 1. The van der Waals surface area contributed by atoms with Crippen molar-refractivity contribution in [3.63, 3.8) is 0 Å². The zero-order valence-corrected chi connectivity index (χ0v) is 13.9. The Balaban J connectivity index is 1.90. The predicted octanol–water partition coefficient (Wildman–Crippen LogP) is 1.58. The van der Waals surface area contributed by atoms with Crippen LogP contribution in [0.1, 0.15) is 24.2 Å². The van der Waals surface area contributed by atoms with Crippen LogP contribution in [0.5, 0.6) is 5.88 Å². The maximum atomic E-state index is 12.1. The highest BCUT2D eigenvalue weighted by Crippen LogP contribution is 2.23. The molecule has 0 bridgehead atoms. The number of ether oxygens (including phenoxy) is 2. The molecule has 0 aliphatic carbocycles. The smallest absolute Gasteiger partial charge is 0.252 e. The van der Waals surface area contributed by atoms with Gasteiger partial charge in [-0.05, 0) is 27.0 Å². The summed E-state index contributed by atoms with van der Waals surface area (Å²) in [4.78, 5) is 18.4. The van der Waals surface area contributed by atoms with E-state index in [9.17, 15) is 4.79 Å². The Hall–Kier alpha value is -1.37. The Bertz CT molecular complexity index is 525. The van der Waals surface area contributed by atoms with E-state index in [1.165, 1.54) is 6.20 Å². The number of carbonyl (C=O) groups is 1. The molecule has 1 fully saturated rings. The second-order valence-corrected chi connectivity index (χ2v) is 6.05. The fourth-order valence-corrected chi connectivity index (χ4v) is 2.37. The molecule has 1 aliphatic heterocycles. The Morgan fingerprint density at radius 3 is 3.05 bits per heavy atom. The Morgan fingerprint density at radius 1 is 1.64 bits per heavy atom. The van der Waals surface area contributed by atoms with E-state index >= 15 is 0 Å². The van der Waals surface area contributed by atoms with E-state index in [4.69, 9.17) is 21.1 Å². The number of nitrogens with zero attached hydrogens (tertiary/aromatic N) is 2. The van der Waals surface area contributed by atoms with Crippen molar-refractivity contribution >= 4 is 17.5 Å². The summed E-state index contributed by atoms with van der Waals surface area (Å²) in [7, 11) is 2.04. The van der Waals surface area contributed by atoms with Crippen LogP contribution in [0.25, 0.3) is 0 Å². The Morgan fingerprint density at radius 2 is 2.41 bits per heavy atom. The normalized spacial score (nSPS) is 19.2. The topological polar surface area (TPSA) is 63.7 Å². The molecule has 1 aliphatic rings. The molecular formula is C15H22ClN3O3. The van der Waals surface area contributed by atoms with Gasteiger partial charge >= 0.3 is 0 Å². The first-order chi connectivity index (χ1) is 10.5. The van der Waals surface area contributed by atoms with Crippen molar-refractivity contribution in [1.29, 1.82) is 0 Å². The number of pyridine rings is 1. The van der Waals surface area contributed by atoms with Gasteiger partial charge in [0.2, 0.25) is 5.88 Å². The summed E-state index contributed by atoms with van der Waals surface area (Å²) in [5.74, 6) is 0.118. The lowest BCUT2D eigenvalue weighted by molar-refractivity contribution is -0.0175. The van der Waals surface area contributed by atoms with E-state index in [0.717, 1.165) is 13.1 Å². The van der Waals surface area contributed by atoms with Crippen LogP contribution in [0.15, 0.2) is 12.3 Å². The number of carbonyl (C=O) groups excluding carboxylic acids is 1. The second-order valence-electron chi connectivity index (χ2n) is 5.64. The molecule has 1 atom stereocenters. The molecule has 0 spiro atoms. The average molecular weight is 328 g/mol. The maximum absolute atomic E-state index is 12.1. The number of amides is 1. The van der Waals surface area contributed by atoms with Gasteiger partial charge in [-0.3, -0.25) is 4.79 Å². The number of morpholine rings is 1. The molecule has 0 radical (unpaired) electrons. The summed E-state index contributed by atoms with van der Waals surface area (Å²) in [5, 5.41) is 3.18. The van der Waals surface area contributed by atoms with Crippen LogP contribution in [-0.2, 0) is 4.74 Å². The molecule has 122 valence electrons. The summed E-state index contributed by atoms with van der Waals surface area (Å²) < 4.78 is 11.0. The molecule has 1 saturated heterocycles. The van der Waals surface area contributed by atoms with Gasteiger partial charge in [-0.25, -0.2) is 4.98 Å². The first kappa shape index (κ1) is 17.0. The summed E-state index contributed by atoms with van der Waals surface area (Å²) in [6.45, 7) is 6.65. The fourth-order valence-electron chi connectivity index (χ4n) is 2.16. The third-order valence-corrected chi connectivity index (χ3v) is 3.52. The van der Waals surface area contributed by atoms with E-state index in [0.29, 0.717) is 29.6 Å². The lowest BCUT2D eigenvalue weighted by atomic mass is 10.2. The number of hydrogen-bond acceptors (Lipinski definition) is 5. The molecule has 2 heterocycles. The minimum atomic E-state index is -0.220. The molecule has 1 amide bonds. The van der Waals surface area contributed by atoms with Gasteiger partial charge < -0.3 is 19.7 Å². The molecule has 6 nitrogen and oxygen atoms in total. The molecule has 1 aromatic heterocycles. The number of rotatable bonds is 5. The van der Waals surface area contributed by atoms with Gasteiger partial charge in [-0.2, -0.15) is 0 Å². The van der Waals surface area contributed by atoms with Gasteiger partial charge in [0, 0.05) is 25.8 Å². The van der Waals surface area contributed by atoms with E-state index < -0.39 is 0 Å². The summed E-state index contributed by atoms with van der Waals surface area (Å²) in [6.07, 6.45) is 1.45. The highest BCUT2D eigenvalue weighted by molar-refractivity contribution is 6.32. The summed E-state index contributed by atoms with van der Waals surface area (Å²) in [6, 6.07) is 1.56. The largest absolute Gasteiger partial charge is 0.474 e. The van der Waals surface area contributed by atoms with Crippen LogP contribution in [0.3, 0.4) is 0 Å². The number of hydrogen-bond donors (Lipinski definition) is 1. The van der Waals surface area contributed by atoms with E-state index in [1.54, 1.807) is 6.07 Å². The predicted molar refractivity (Wildman–Crippen MR) is 84.6 cm³/mol. The summed E-state index contributed by atoms with van der Waals surface area (Å²) >= 11 is 6.09. The molecular weight excluding hydrogens is 306 g/mol. The van der Waals surface area contributed by atoms with Crippen molar-refractivity contribution in [3.8, 4) is 5.88 Å². The van der Waals surface area contributed by atoms with Crippen molar-refractivity contribution in [2.45, 2.75) is 26.1 Å². The SMILES string of the molecule is CC(C)Oc1ncc(C(=O)NC[C@H]2CN(C)CCO2)cc1Cl. The second kappa shape index (κ2) is 7.76. The van der Waals surface area contributed by atoms with Gasteiger partial charge in [-0.1, -0.05) is 11.6 Å². The molecule has 7 heteroatoms. The van der Waals surface area contributed by atoms with Crippen molar-refractivity contribution < 1.29 is 14.3 Å². The van der Waals surface area contributed by atoms with Gasteiger partial charge in [0.25, 0.3) is 5.91 Å². The number of halogens is 1. The van der Waals surface area contributed by atoms with Crippen molar-refractivity contribution in [2.24, 2.45) is 0 Å². The van der Waals surface area contributed by atoms with Gasteiger partial charge in [0.15, 0.2) is 0 Å². The van der Waals surface area contributed by atoms with Gasteiger partial charge in [-0.15, -0.1) is 0 Å². The Kier molecular flexibility index (Phi) is 5.99. The molecule has 1 N–H and O–H groups in total. The highest BCUT2D eigenvalue weighted by atomic mass is 35.5. The van der Waals surface area contributed by atoms with Crippen LogP contribution in [0, 0.1) is 0 Å². The average Bonchev–Trinajstić information content (AvgIpc) is 2.46. The Labute approximate surface area is 135 Å². The lowest BCUT2D eigenvalue weighted by Crippen LogP contribution is -2.45. The van der Waals surface area contributed by atoms with Gasteiger partial charge in [0.1, 0.15) is 5.02 Å². The van der Waals surface area contributed by atoms with Crippen LogP contribution >= 0.6 is 11.6 Å². The minimum Gasteiger partial charge on any atom is -0.474 e.